The second-order valence-electron chi connectivity index (χ2n) is 25.9. The van der Waals surface area contributed by atoms with Gasteiger partial charge in [0, 0.05) is 34.6 Å². The number of benzene rings is 3. The van der Waals surface area contributed by atoms with Crippen LogP contribution in [0.1, 0.15) is 109 Å². The molecule has 22 nitrogen and oxygen atoms in total. The van der Waals surface area contributed by atoms with Crippen molar-refractivity contribution in [3.63, 3.8) is 0 Å². The molecule has 3 N–H and O–H groups in total. The summed E-state index contributed by atoms with van der Waals surface area (Å²) < 4.78 is 234. The second-order valence-corrected chi connectivity index (χ2v) is 33.2. The zero-order valence-corrected chi connectivity index (χ0v) is 61.7. The number of aromatic nitrogens is 6. The number of ether oxygens (including phenoxy) is 1. The Morgan fingerprint density at radius 1 is 0.537 bits per heavy atom. The average Bonchev–Trinajstić information content (AvgIpc) is 1.60. The van der Waals surface area contributed by atoms with Gasteiger partial charge in [-0.15, -0.1) is 3.71 Å². The van der Waals surface area contributed by atoms with Crippen LogP contribution in [0.3, 0.4) is 0 Å². The molecule has 0 radical (unpaired) electrons. The molecule has 4 fully saturated rings. The number of hydrogen-bond donors (Lipinski definition) is 1. The third-order valence-corrected chi connectivity index (χ3v) is 21.5. The Morgan fingerprint density at radius 2 is 0.842 bits per heavy atom. The van der Waals surface area contributed by atoms with Crippen molar-refractivity contribution < 1.29 is 132 Å². The molecule has 524 valence electrons. The van der Waals surface area contributed by atoms with E-state index < -0.39 is 135 Å². The fraction of sp³-hybridized carbons (Fsp3) is 0.611. The standard InChI is InChI=1S/C17H22BClF3N3O6S2.C17H21BClF3N2O4S.C15H18BClF3N3O2.C5H10O.Na.H2O/c1-15(2)16(3,4)31-18(30-15)10-7-8-11(19)12-13(10)24(9-17(20,21)22)23-14(12)25(32(5,26)27)33(6,28)29;1-15(2)16(3,4)28-18(27-15)10-6-7-11(19)13-12(8-29(5,25)26)23-24(14(10)13)9-17(20,21)22;1-13(2)14(3,4)25-16(24-13)8-5-6-9(17)10-11(8)23(22-12(10)21)7-15(18,19)20;1-5-3-2-4-6-5;;/h7-8H,9H2,1-6H3;6-7H,8-9H2,1-5H3;5-6H,7H2,1-4H3,(H2,21,22);5H,2-4H2,1H3;;1H2/q;;;;+1;/p-1. The predicted octanol–water partition coefficient (Wildman–Crippen LogP) is 6.52. The van der Waals surface area contributed by atoms with Crippen LogP contribution in [-0.2, 0) is 87.9 Å². The van der Waals surface area contributed by atoms with E-state index >= 15 is 0 Å². The van der Waals surface area contributed by atoms with Crippen molar-refractivity contribution in [3.8, 4) is 0 Å². The molecule has 41 heteroatoms. The van der Waals surface area contributed by atoms with Crippen molar-refractivity contribution in [1.82, 2.24) is 29.3 Å². The molecule has 1 unspecified atom stereocenters. The van der Waals surface area contributed by atoms with Gasteiger partial charge in [-0.3, -0.25) is 14.0 Å². The molecule has 0 amide bonds. The van der Waals surface area contributed by atoms with Gasteiger partial charge in [0.1, 0.15) is 19.6 Å². The third-order valence-electron chi connectivity index (χ3n) is 16.5. The summed E-state index contributed by atoms with van der Waals surface area (Å²) in [6, 6.07) is 8.80. The molecule has 4 aliphatic heterocycles. The van der Waals surface area contributed by atoms with E-state index in [9.17, 15) is 64.8 Å². The van der Waals surface area contributed by atoms with Crippen molar-refractivity contribution in [2.45, 2.75) is 186 Å². The number of nitrogen functional groups attached to an aromatic ring is 1. The smallest absolute Gasteiger partial charge is 0.870 e. The molecule has 95 heavy (non-hydrogen) atoms. The van der Waals surface area contributed by atoms with Gasteiger partial charge < -0.3 is 43.9 Å². The number of rotatable bonds is 11. The number of sulfonamides is 2. The van der Waals surface area contributed by atoms with Crippen LogP contribution in [0.2, 0.25) is 15.1 Å². The summed E-state index contributed by atoms with van der Waals surface area (Å²) in [5.74, 6) is -1.38. The summed E-state index contributed by atoms with van der Waals surface area (Å²) in [6.45, 7) is 20.5. The molecule has 4 saturated heterocycles. The van der Waals surface area contributed by atoms with E-state index in [0.717, 1.165) is 22.2 Å². The van der Waals surface area contributed by atoms with Gasteiger partial charge in [0.2, 0.25) is 20.0 Å². The maximum Gasteiger partial charge on any atom is 1.00 e. The summed E-state index contributed by atoms with van der Waals surface area (Å²) in [6.07, 6.45) is -8.56. The third kappa shape index (κ3) is 18.6. The monoisotopic (exact) mass is 1480 g/mol. The van der Waals surface area contributed by atoms with Crippen molar-refractivity contribution in [1.29, 1.82) is 0 Å². The zero-order chi connectivity index (χ0) is 70.5. The first-order valence-electron chi connectivity index (χ1n) is 28.5. The number of fused-ring (bicyclic) bond motifs is 3. The number of sulfone groups is 1. The molecule has 7 heterocycles. The van der Waals surface area contributed by atoms with Crippen LogP contribution in [0.15, 0.2) is 36.4 Å². The van der Waals surface area contributed by atoms with Crippen LogP contribution in [0.25, 0.3) is 32.7 Å². The summed E-state index contributed by atoms with van der Waals surface area (Å²) in [5.41, 5.74) is 2.13. The molecule has 10 rings (SSSR count). The molecule has 0 bridgehead atoms. The SMILES string of the molecule is CC1(C)OB(c2ccc(Cl)c3c(CS(C)(=O)=O)nn(CC(F)(F)F)c23)OC1(C)C.CC1(C)OB(c2ccc(Cl)c3c(N(S(C)(=O)=O)S(C)(=O)=O)nn(CC(F)(F)F)c23)OC1(C)C.CC1(C)OB(c2ccc(Cl)c3c(N)nn(CC(F)(F)F)c23)OC1(C)C.CC1CCCO1.[Na+].[OH-]. The summed E-state index contributed by atoms with van der Waals surface area (Å²) in [4.78, 5) is 0. The minimum absolute atomic E-state index is 0. The van der Waals surface area contributed by atoms with E-state index in [4.69, 9.17) is 73.2 Å². The summed E-state index contributed by atoms with van der Waals surface area (Å²) in [5, 5.41) is 11.7. The Kier molecular flexibility index (Phi) is 24.4. The minimum atomic E-state index is -4.77. The Labute approximate surface area is 582 Å². The van der Waals surface area contributed by atoms with Crippen molar-refractivity contribution >= 4 is 147 Å². The summed E-state index contributed by atoms with van der Waals surface area (Å²) >= 11 is 18.6. The van der Waals surface area contributed by atoms with Gasteiger partial charge in [0.05, 0.1) is 106 Å². The van der Waals surface area contributed by atoms with Gasteiger partial charge in [0.15, 0.2) is 21.5 Å². The molecule has 0 saturated carbocycles. The quantitative estimate of drug-likeness (QED) is 0.107. The first kappa shape index (κ1) is 82.3. The first-order valence-corrected chi connectivity index (χ1v) is 35.4. The van der Waals surface area contributed by atoms with Gasteiger partial charge in [-0.05, 0) is 121 Å². The molecular weight excluding hydrogens is 1410 g/mol. The Hall–Kier alpha value is -3.37. The normalized spacial score (nSPS) is 19.8. The van der Waals surface area contributed by atoms with Crippen molar-refractivity contribution in [2.75, 3.05) is 34.8 Å². The minimum Gasteiger partial charge on any atom is -0.870 e. The number of anilines is 2. The Morgan fingerprint density at radius 3 is 1.14 bits per heavy atom. The molecule has 3 aromatic carbocycles. The molecular formula is C54H72B3Cl3F9N8NaO14S3. The van der Waals surface area contributed by atoms with Gasteiger partial charge in [-0.25, -0.2) is 25.3 Å². The van der Waals surface area contributed by atoms with Gasteiger partial charge in [0.25, 0.3) is 0 Å². The van der Waals surface area contributed by atoms with E-state index in [1.165, 1.54) is 37.1 Å². The largest absolute Gasteiger partial charge is 1.00 e. The molecule has 0 aliphatic carbocycles. The molecule has 6 aromatic rings. The molecule has 3 aromatic heterocycles. The Bertz CT molecular complexity index is 4100. The van der Waals surface area contributed by atoms with Gasteiger partial charge in [-0.1, -0.05) is 53.0 Å². The zero-order valence-electron chi connectivity index (χ0n) is 54.9. The number of alkyl halides is 9. The number of nitrogens with zero attached hydrogens (tertiary/aromatic N) is 7. The van der Waals surface area contributed by atoms with Crippen molar-refractivity contribution in [2.24, 2.45) is 0 Å². The fourth-order valence-corrected chi connectivity index (χ4v) is 14.4. The molecule has 4 aliphatic rings. The van der Waals surface area contributed by atoms with E-state index in [2.05, 4.69) is 22.2 Å². The summed E-state index contributed by atoms with van der Waals surface area (Å²) in [7, 11) is -15.6. The van der Waals surface area contributed by atoms with Crippen LogP contribution < -0.4 is 55.4 Å². The van der Waals surface area contributed by atoms with E-state index in [0.29, 0.717) is 34.2 Å². The topological polar surface area (TPSA) is 280 Å². The van der Waals surface area contributed by atoms with Crippen LogP contribution in [0, 0.1) is 0 Å². The van der Waals surface area contributed by atoms with Crippen molar-refractivity contribution in [3.05, 3.63) is 57.2 Å². The van der Waals surface area contributed by atoms with Crippen LogP contribution >= 0.6 is 34.8 Å². The second kappa shape index (κ2) is 28.2. The number of halogens is 12. The van der Waals surface area contributed by atoms with Crippen LogP contribution in [0.4, 0.5) is 51.1 Å². The van der Waals surface area contributed by atoms with E-state index in [1.54, 1.807) is 39.8 Å². The van der Waals surface area contributed by atoms with E-state index in [1.807, 2.05) is 55.4 Å². The molecule has 0 spiro atoms. The van der Waals surface area contributed by atoms with Gasteiger partial charge >= 0.3 is 69.4 Å². The maximum absolute atomic E-state index is 13.4. The number of hydrogen-bond acceptors (Lipinski definition) is 18. The van der Waals surface area contributed by atoms with E-state index in [-0.39, 0.29) is 103 Å². The van der Waals surface area contributed by atoms with Crippen LogP contribution in [-0.4, -0.2) is 165 Å². The fourth-order valence-electron chi connectivity index (χ4n) is 10.1. The van der Waals surface area contributed by atoms with Crippen LogP contribution in [0.5, 0.6) is 0 Å². The first-order chi connectivity index (χ1) is 41.9. The predicted molar refractivity (Wildman–Crippen MR) is 341 cm³/mol. The Balaban J connectivity index is 0.000000245. The average molecular weight is 1490 g/mol. The maximum atomic E-state index is 13.4. The van der Waals surface area contributed by atoms with Gasteiger partial charge in [-0.2, -0.15) is 54.8 Å². The molecule has 1 atom stereocenters. The number of nitrogens with two attached hydrogens (primary N) is 1.